The van der Waals surface area contributed by atoms with Crippen LogP contribution in [0.25, 0.3) is 11.0 Å². The number of ether oxygens (including phenoxy) is 1. The molecule has 0 saturated carbocycles. The molecule has 0 aliphatic rings. The van der Waals surface area contributed by atoms with Gasteiger partial charge in [-0.2, -0.15) is 0 Å². The summed E-state index contributed by atoms with van der Waals surface area (Å²) < 4.78 is 20.8. The van der Waals surface area contributed by atoms with E-state index in [0.29, 0.717) is 6.54 Å². The molecule has 0 aliphatic heterocycles. The van der Waals surface area contributed by atoms with Crippen LogP contribution in [0.5, 0.6) is 5.75 Å². The molecular weight excluding hydrogens is 363 g/mol. The van der Waals surface area contributed by atoms with Crippen LogP contribution in [0.4, 0.5) is 4.39 Å². The quantitative estimate of drug-likeness (QED) is 0.403. The van der Waals surface area contributed by atoms with Crippen LogP contribution >= 0.6 is 0 Å². The van der Waals surface area contributed by atoms with Crippen molar-refractivity contribution in [1.29, 1.82) is 0 Å². The van der Waals surface area contributed by atoms with Crippen LogP contribution in [0.15, 0.2) is 60.7 Å². The molecule has 0 bridgehead atoms. The maximum Gasteiger partial charge on any atom is 0.334 e. The Kier molecular flexibility index (Phi) is 5.05. The van der Waals surface area contributed by atoms with Crippen molar-refractivity contribution in [2.45, 2.75) is 20.4 Å². The molecular formula is C25H22FN2O+. The van der Waals surface area contributed by atoms with Gasteiger partial charge in [0.1, 0.15) is 18.1 Å². The Hall–Kier alpha value is -3.58. The zero-order valence-corrected chi connectivity index (χ0v) is 16.7. The molecule has 0 aliphatic carbocycles. The molecule has 1 aromatic heterocycles. The summed E-state index contributed by atoms with van der Waals surface area (Å²) in [5.74, 6) is 8.05. The van der Waals surface area contributed by atoms with Gasteiger partial charge in [-0.05, 0) is 66.9 Å². The number of nitrogens with one attached hydrogen (secondary N) is 1. The summed E-state index contributed by atoms with van der Waals surface area (Å²) in [5, 5.41) is 0. The van der Waals surface area contributed by atoms with Gasteiger partial charge in [0.25, 0.3) is 0 Å². The topological polar surface area (TPSA) is 28.9 Å². The summed E-state index contributed by atoms with van der Waals surface area (Å²) in [6.07, 6.45) is 0. The van der Waals surface area contributed by atoms with Gasteiger partial charge in [0.15, 0.2) is 11.0 Å². The van der Waals surface area contributed by atoms with Crippen LogP contribution in [-0.2, 0) is 6.54 Å². The Labute approximate surface area is 169 Å². The van der Waals surface area contributed by atoms with Crippen molar-refractivity contribution in [2.75, 3.05) is 7.11 Å². The number of benzene rings is 3. The lowest BCUT2D eigenvalue weighted by atomic mass is 10.0. The number of imidazole rings is 1. The number of hydrogen-bond acceptors (Lipinski definition) is 1. The second kappa shape index (κ2) is 7.81. The number of aromatic amines is 1. The van der Waals surface area contributed by atoms with Gasteiger partial charge in [-0.3, -0.25) is 0 Å². The largest absolute Gasteiger partial charge is 0.497 e. The van der Waals surface area contributed by atoms with E-state index in [1.54, 1.807) is 19.2 Å². The van der Waals surface area contributed by atoms with Crippen LogP contribution < -0.4 is 9.30 Å². The summed E-state index contributed by atoms with van der Waals surface area (Å²) in [4.78, 5) is 3.42. The van der Waals surface area contributed by atoms with Crippen LogP contribution in [0.3, 0.4) is 0 Å². The molecule has 0 radical (unpaired) electrons. The molecule has 29 heavy (non-hydrogen) atoms. The lowest BCUT2D eigenvalue weighted by Crippen LogP contribution is -2.36. The number of rotatable bonds is 3. The molecule has 4 aromatic rings. The first-order valence-electron chi connectivity index (χ1n) is 9.47. The molecule has 0 atom stereocenters. The first kappa shape index (κ1) is 18.8. The van der Waals surface area contributed by atoms with E-state index in [9.17, 15) is 4.39 Å². The van der Waals surface area contributed by atoms with Gasteiger partial charge < -0.3 is 4.74 Å². The molecule has 1 N–H and O–H groups in total. The number of hydrogen-bond donors (Lipinski definition) is 1. The average Bonchev–Trinajstić information content (AvgIpc) is 3.06. The predicted molar refractivity (Wildman–Crippen MR) is 112 cm³/mol. The van der Waals surface area contributed by atoms with Crippen LogP contribution in [-0.4, -0.2) is 12.1 Å². The Morgan fingerprint density at radius 2 is 1.66 bits per heavy atom. The van der Waals surface area contributed by atoms with Crippen molar-refractivity contribution in [2.24, 2.45) is 0 Å². The van der Waals surface area contributed by atoms with E-state index in [4.69, 9.17) is 4.74 Å². The highest BCUT2D eigenvalue weighted by atomic mass is 19.1. The normalized spacial score (nSPS) is 10.6. The van der Waals surface area contributed by atoms with Gasteiger partial charge in [-0.25, -0.2) is 13.9 Å². The molecule has 1 heterocycles. The summed E-state index contributed by atoms with van der Waals surface area (Å²) in [6, 6.07) is 18.7. The van der Waals surface area contributed by atoms with E-state index < -0.39 is 0 Å². The van der Waals surface area contributed by atoms with E-state index in [2.05, 4.69) is 27.5 Å². The number of H-pyrrole nitrogens is 1. The van der Waals surface area contributed by atoms with Crippen molar-refractivity contribution < 1.29 is 13.7 Å². The van der Waals surface area contributed by atoms with Crippen molar-refractivity contribution in [1.82, 2.24) is 4.98 Å². The lowest BCUT2D eigenvalue weighted by molar-refractivity contribution is -0.664. The minimum absolute atomic E-state index is 0.233. The number of fused-ring (bicyclic) bond motifs is 1. The van der Waals surface area contributed by atoms with Gasteiger partial charge in [0.05, 0.1) is 7.11 Å². The molecule has 4 rings (SSSR count). The minimum atomic E-state index is -0.233. The molecule has 144 valence electrons. The smallest absolute Gasteiger partial charge is 0.334 e. The molecule has 0 fully saturated rings. The molecule has 0 amide bonds. The van der Waals surface area contributed by atoms with Gasteiger partial charge in [-0.15, -0.1) is 0 Å². The Morgan fingerprint density at radius 1 is 0.966 bits per heavy atom. The highest BCUT2D eigenvalue weighted by molar-refractivity contribution is 5.71. The van der Waals surface area contributed by atoms with Crippen LogP contribution in [0.2, 0.25) is 0 Å². The first-order chi connectivity index (χ1) is 14.0. The van der Waals surface area contributed by atoms with E-state index >= 15 is 0 Å². The maximum absolute atomic E-state index is 13.3. The second-order valence-electron chi connectivity index (χ2n) is 7.09. The molecule has 0 saturated heterocycles. The zero-order valence-electron chi connectivity index (χ0n) is 16.7. The first-order valence-corrected chi connectivity index (χ1v) is 9.47. The fourth-order valence-corrected chi connectivity index (χ4v) is 3.53. The van der Waals surface area contributed by atoms with E-state index in [1.807, 2.05) is 44.2 Å². The summed E-state index contributed by atoms with van der Waals surface area (Å²) in [7, 11) is 1.67. The van der Waals surface area contributed by atoms with Crippen LogP contribution in [0.1, 0.15) is 28.1 Å². The summed E-state index contributed by atoms with van der Waals surface area (Å²) >= 11 is 0. The monoisotopic (exact) mass is 385 g/mol. The second-order valence-corrected chi connectivity index (χ2v) is 7.09. The van der Waals surface area contributed by atoms with Crippen molar-refractivity contribution in [3.8, 4) is 17.6 Å². The molecule has 3 aromatic carbocycles. The number of methoxy groups -OCH3 is 1. The Balaban J connectivity index is 1.79. The third kappa shape index (κ3) is 3.86. The summed E-state index contributed by atoms with van der Waals surface area (Å²) in [6.45, 7) is 4.68. The SMILES string of the molecule is COc1cc(C)c(C#Cc2[nH]c3ccccc3[n+]2Cc2ccc(F)cc2)c(C)c1. The number of aryl methyl sites for hydroxylation is 2. The third-order valence-electron chi connectivity index (χ3n) is 5.02. The maximum atomic E-state index is 13.3. The molecule has 0 unspecified atom stereocenters. The molecule has 0 spiro atoms. The van der Waals surface area contributed by atoms with Crippen molar-refractivity contribution in [3.05, 3.63) is 94.6 Å². The number of aromatic nitrogens is 2. The minimum Gasteiger partial charge on any atom is -0.497 e. The molecule has 3 nitrogen and oxygen atoms in total. The third-order valence-corrected chi connectivity index (χ3v) is 5.02. The Morgan fingerprint density at radius 3 is 2.34 bits per heavy atom. The fraction of sp³-hybridized carbons (Fsp3) is 0.160. The van der Waals surface area contributed by atoms with E-state index in [1.165, 1.54) is 12.1 Å². The summed E-state index contributed by atoms with van der Waals surface area (Å²) in [5.41, 5.74) is 6.25. The average molecular weight is 385 g/mol. The fourth-order valence-electron chi connectivity index (χ4n) is 3.53. The van der Waals surface area contributed by atoms with Crippen molar-refractivity contribution >= 4 is 11.0 Å². The number of nitrogens with zero attached hydrogens (tertiary/aromatic N) is 1. The predicted octanol–water partition coefficient (Wildman–Crippen LogP) is 4.67. The Bertz CT molecular complexity index is 1220. The zero-order chi connectivity index (χ0) is 20.4. The number of para-hydroxylation sites is 2. The molecule has 4 heteroatoms. The van der Waals surface area contributed by atoms with E-state index in [-0.39, 0.29) is 5.82 Å². The number of halogens is 1. The van der Waals surface area contributed by atoms with Gasteiger partial charge in [-0.1, -0.05) is 30.2 Å². The van der Waals surface area contributed by atoms with Crippen LogP contribution in [0, 0.1) is 31.5 Å². The highest BCUT2D eigenvalue weighted by Gasteiger charge is 2.17. The van der Waals surface area contributed by atoms with Gasteiger partial charge in [0.2, 0.25) is 0 Å². The highest BCUT2D eigenvalue weighted by Crippen LogP contribution is 2.21. The van der Waals surface area contributed by atoms with Gasteiger partial charge >= 0.3 is 5.82 Å². The lowest BCUT2D eigenvalue weighted by Gasteiger charge is -2.06. The van der Waals surface area contributed by atoms with Crippen molar-refractivity contribution in [3.63, 3.8) is 0 Å². The van der Waals surface area contributed by atoms with E-state index in [0.717, 1.165) is 44.9 Å². The van der Waals surface area contributed by atoms with Gasteiger partial charge in [0, 0.05) is 11.5 Å². The standard InChI is InChI=1S/C25H21FN2O/c1-17-14-21(29-3)15-18(2)22(17)12-13-25-27-23-6-4-5-7-24(23)28(25)16-19-8-10-20(26)11-9-19/h4-11,14-15H,16H2,1-3H3/p+1.